The predicted molar refractivity (Wildman–Crippen MR) is 40.8 cm³/mol. The van der Waals surface area contributed by atoms with Gasteiger partial charge in [0.1, 0.15) is 5.41 Å². The van der Waals surface area contributed by atoms with Crippen LogP contribution in [0.2, 0.25) is 0 Å². The highest BCUT2D eigenvalue weighted by Gasteiger charge is 2.29. The Bertz CT molecular complexity index is 155. The quantitative estimate of drug-likeness (QED) is 0.494. The average molecular weight is 161 g/mol. The molecule has 3 heteroatoms. The Labute approximate surface area is 64.8 Å². The lowest BCUT2D eigenvalue weighted by Crippen LogP contribution is -2.26. The molecule has 0 rings (SSSR count). The molecule has 0 fully saturated rings. The molecule has 0 heterocycles. The molecule has 56 valence electrons. The van der Waals surface area contributed by atoms with Gasteiger partial charge in [-0.1, -0.05) is 12.2 Å². The van der Waals surface area contributed by atoms with Crippen molar-refractivity contribution in [1.29, 1.82) is 0 Å². The van der Waals surface area contributed by atoms with Gasteiger partial charge in [0.05, 0.1) is 6.61 Å². The van der Waals surface area contributed by atoms with Crippen LogP contribution in [0.5, 0.6) is 0 Å². The number of hydrogen-bond acceptors (Lipinski definition) is 2. The Balaban J connectivity index is 4.63. The Morgan fingerprint density at radius 3 is 2.00 bits per heavy atom. The summed E-state index contributed by atoms with van der Waals surface area (Å²) < 4.78 is 0. The van der Waals surface area contributed by atoms with Gasteiger partial charge in [-0.15, -0.1) is 13.2 Å². The van der Waals surface area contributed by atoms with Gasteiger partial charge in [-0.2, -0.15) is 0 Å². The number of aliphatic hydroxyl groups excluding tert-OH is 1. The SMILES string of the molecule is C=CC(C=C)(CO)C(=O)Cl. The highest BCUT2D eigenvalue weighted by Crippen LogP contribution is 2.22. The third-order valence-corrected chi connectivity index (χ3v) is 1.71. The summed E-state index contributed by atoms with van der Waals surface area (Å²) in [6.45, 7) is 6.33. The van der Waals surface area contributed by atoms with E-state index in [1.807, 2.05) is 0 Å². The van der Waals surface area contributed by atoms with Gasteiger partial charge < -0.3 is 5.11 Å². The van der Waals surface area contributed by atoms with Crippen molar-refractivity contribution in [2.45, 2.75) is 0 Å². The second-order valence-electron chi connectivity index (χ2n) is 1.88. The largest absolute Gasteiger partial charge is 0.395 e. The molecule has 0 aromatic carbocycles. The third-order valence-electron chi connectivity index (χ3n) is 1.36. The molecule has 2 nitrogen and oxygen atoms in total. The van der Waals surface area contributed by atoms with Crippen molar-refractivity contribution in [1.82, 2.24) is 0 Å². The highest BCUT2D eigenvalue weighted by atomic mass is 35.5. The average Bonchev–Trinajstić information content (AvgIpc) is 1.92. The van der Waals surface area contributed by atoms with Crippen LogP contribution in [0.25, 0.3) is 0 Å². The van der Waals surface area contributed by atoms with E-state index in [9.17, 15) is 4.79 Å². The first kappa shape index (κ1) is 9.40. The molecule has 0 saturated carbocycles. The minimum absolute atomic E-state index is 0.387. The molecule has 1 N–H and O–H groups in total. The van der Waals surface area contributed by atoms with E-state index in [2.05, 4.69) is 13.2 Å². The van der Waals surface area contributed by atoms with E-state index >= 15 is 0 Å². The fourth-order valence-corrected chi connectivity index (χ4v) is 0.649. The normalized spacial score (nSPS) is 10.6. The summed E-state index contributed by atoms with van der Waals surface area (Å²) in [7, 11) is 0. The number of aliphatic hydroxyl groups is 1. The van der Waals surface area contributed by atoms with Crippen LogP contribution in [-0.4, -0.2) is 17.0 Å². The van der Waals surface area contributed by atoms with Crippen molar-refractivity contribution in [3.63, 3.8) is 0 Å². The molecule has 0 aromatic rings. The van der Waals surface area contributed by atoms with Crippen LogP contribution >= 0.6 is 11.6 Å². The zero-order valence-electron chi connectivity index (χ0n) is 5.51. The minimum atomic E-state index is -1.17. The standard InChI is InChI=1S/C7H9ClO2/c1-3-7(4-2,5-9)6(8)10/h3-4,9H,1-2,5H2. The Hall–Kier alpha value is -0.600. The molecule has 0 aliphatic carbocycles. The minimum Gasteiger partial charge on any atom is -0.395 e. The van der Waals surface area contributed by atoms with Crippen molar-refractivity contribution in [2.75, 3.05) is 6.61 Å². The van der Waals surface area contributed by atoms with Crippen LogP contribution in [0.1, 0.15) is 0 Å². The van der Waals surface area contributed by atoms with E-state index in [-0.39, 0.29) is 6.61 Å². The van der Waals surface area contributed by atoms with Gasteiger partial charge in [-0.25, -0.2) is 0 Å². The highest BCUT2D eigenvalue weighted by molar-refractivity contribution is 6.65. The number of carbonyl (C=O) groups is 1. The van der Waals surface area contributed by atoms with Crippen LogP contribution in [0.3, 0.4) is 0 Å². The van der Waals surface area contributed by atoms with Gasteiger partial charge in [0.2, 0.25) is 5.24 Å². The molecule has 0 amide bonds. The fraction of sp³-hybridized carbons (Fsp3) is 0.286. The van der Waals surface area contributed by atoms with E-state index in [0.717, 1.165) is 0 Å². The number of rotatable bonds is 4. The molecular formula is C7H9ClO2. The van der Waals surface area contributed by atoms with Gasteiger partial charge in [-0.05, 0) is 11.6 Å². The van der Waals surface area contributed by atoms with Crippen molar-refractivity contribution in [2.24, 2.45) is 5.41 Å². The van der Waals surface area contributed by atoms with E-state index < -0.39 is 10.7 Å². The van der Waals surface area contributed by atoms with Crippen LogP contribution in [0.4, 0.5) is 0 Å². The summed E-state index contributed by atoms with van der Waals surface area (Å²) in [5.41, 5.74) is -1.17. The molecule has 0 radical (unpaired) electrons. The molecule has 0 atom stereocenters. The van der Waals surface area contributed by atoms with Gasteiger partial charge in [0.15, 0.2) is 0 Å². The lowest BCUT2D eigenvalue weighted by Gasteiger charge is -2.17. The summed E-state index contributed by atoms with van der Waals surface area (Å²) in [5.74, 6) is 0. The maximum atomic E-state index is 10.6. The summed E-state index contributed by atoms with van der Waals surface area (Å²) >= 11 is 5.16. The molecule has 10 heavy (non-hydrogen) atoms. The zero-order valence-corrected chi connectivity index (χ0v) is 6.27. The summed E-state index contributed by atoms with van der Waals surface area (Å²) in [4.78, 5) is 10.6. The lowest BCUT2D eigenvalue weighted by atomic mass is 9.91. The van der Waals surface area contributed by atoms with E-state index in [4.69, 9.17) is 16.7 Å². The van der Waals surface area contributed by atoms with E-state index in [0.29, 0.717) is 0 Å². The number of halogens is 1. The number of carbonyl (C=O) groups excluding carboxylic acids is 1. The molecule has 0 unspecified atom stereocenters. The summed E-state index contributed by atoms with van der Waals surface area (Å²) in [6.07, 6.45) is 2.55. The first-order chi connectivity index (χ1) is 4.63. The van der Waals surface area contributed by atoms with Crippen molar-refractivity contribution in [3.8, 4) is 0 Å². The molecule has 0 aliphatic heterocycles. The second kappa shape index (κ2) is 3.54. The maximum Gasteiger partial charge on any atom is 0.237 e. The molecule has 0 saturated heterocycles. The maximum absolute atomic E-state index is 10.6. The second-order valence-corrected chi connectivity index (χ2v) is 2.22. The summed E-state index contributed by atoms with van der Waals surface area (Å²) in [6, 6.07) is 0. The molecule has 0 aromatic heterocycles. The van der Waals surface area contributed by atoms with Crippen molar-refractivity contribution in [3.05, 3.63) is 25.3 Å². The van der Waals surface area contributed by atoms with E-state index in [1.54, 1.807) is 0 Å². The summed E-state index contributed by atoms with van der Waals surface area (Å²) in [5, 5.41) is 8.03. The molecule has 0 bridgehead atoms. The Morgan fingerprint density at radius 1 is 1.60 bits per heavy atom. The Kier molecular flexibility index (Phi) is 3.33. The van der Waals surface area contributed by atoms with Crippen LogP contribution in [0, 0.1) is 5.41 Å². The van der Waals surface area contributed by atoms with Crippen molar-refractivity contribution >= 4 is 16.8 Å². The van der Waals surface area contributed by atoms with Gasteiger partial charge in [0, 0.05) is 0 Å². The van der Waals surface area contributed by atoms with E-state index in [1.165, 1.54) is 12.2 Å². The topological polar surface area (TPSA) is 37.3 Å². The molecular weight excluding hydrogens is 152 g/mol. The zero-order chi connectivity index (χ0) is 8.20. The molecule has 0 spiro atoms. The monoisotopic (exact) mass is 160 g/mol. The Morgan fingerprint density at radius 2 is 2.00 bits per heavy atom. The molecule has 0 aliphatic rings. The first-order valence-corrected chi connectivity index (χ1v) is 3.08. The van der Waals surface area contributed by atoms with Crippen molar-refractivity contribution < 1.29 is 9.90 Å². The van der Waals surface area contributed by atoms with Gasteiger partial charge >= 0.3 is 0 Å². The number of hydrogen-bond donors (Lipinski definition) is 1. The lowest BCUT2D eigenvalue weighted by molar-refractivity contribution is -0.117. The van der Waals surface area contributed by atoms with Gasteiger partial charge in [0.25, 0.3) is 0 Å². The first-order valence-electron chi connectivity index (χ1n) is 2.71. The smallest absolute Gasteiger partial charge is 0.237 e. The predicted octanol–water partition coefficient (Wildman–Crippen LogP) is 1.10. The van der Waals surface area contributed by atoms with Crippen LogP contribution in [-0.2, 0) is 4.79 Å². The van der Waals surface area contributed by atoms with Gasteiger partial charge in [-0.3, -0.25) is 4.79 Å². The third kappa shape index (κ3) is 1.46. The van der Waals surface area contributed by atoms with Crippen LogP contribution in [0.15, 0.2) is 25.3 Å². The van der Waals surface area contributed by atoms with Crippen LogP contribution < -0.4 is 0 Å². The fourth-order valence-electron chi connectivity index (χ4n) is 0.435.